The molecule has 0 radical (unpaired) electrons. The van der Waals surface area contributed by atoms with E-state index in [0.717, 1.165) is 0 Å². The van der Waals surface area contributed by atoms with Crippen molar-refractivity contribution in [2.75, 3.05) is 18.5 Å². The van der Waals surface area contributed by atoms with E-state index in [2.05, 4.69) is 10.6 Å². The van der Waals surface area contributed by atoms with Crippen molar-refractivity contribution in [2.45, 2.75) is 0 Å². The number of carbonyl (C=O) groups excluding carboxylic acids is 1. The minimum Gasteiger partial charge on any atom is -0.395 e. The normalized spacial score (nSPS) is 10.5. The highest BCUT2D eigenvalue weighted by atomic mass is 16.6. The molecule has 0 atom stereocenters. The van der Waals surface area contributed by atoms with Gasteiger partial charge in [-0.2, -0.15) is 5.26 Å². The van der Waals surface area contributed by atoms with Gasteiger partial charge in [-0.15, -0.1) is 0 Å². The zero-order chi connectivity index (χ0) is 15.0. The Bertz CT molecular complexity index is 560. The van der Waals surface area contributed by atoms with E-state index in [1.165, 1.54) is 30.5 Å². The molecule has 8 nitrogen and oxygen atoms in total. The van der Waals surface area contributed by atoms with Crippen LogP contribution in [0.2, 0.25) is 0 Å². The lowest BCUT2D eigenvalue weighted by atomic mass is 10.2. The van der Waals surface area contributed by atoms with Gasteiger partial charge in [-0.3, -0.25) is 14.9 Å². The Morgan fingerprint density at radius 2 is 2.10 bits per heavy atom. The summed E-state index contributed by atoms with van der Waals surface area (Å²) in [5, 5.41) is 32.9. The van der Waals surface area contributed by atoms with Crippen LogP contribution in [0.5, 0.6) is 0 Å². The molecule has 0 aliphatic heterocycles. The van der Waals surface area contributed by atoms with Gasteiger partial charge in [0.2, 0.25) is 0 Å². The second-order valence-electron chi connectivity index (χ2n) is 3.61. The highest BCUT2D eigenvalue weighted by molar-refractivity contribution is 6.06. The number of aliphatic hydroxyl groups excluding tert-OH is 1. The lowest BCUT2D eigenvalue weighted by Crippen LogP contribution is -2.18. The fourth-order valence-electron chi connectivity index (χ4n) is 1.25. The Morgan fingerprint density at radius 3 is 2.60 bits per heavy atom. The van der Waals surface area contributed by atoms with Gasteiger partial charge in [-0.1, -0.05) is 0 Å². The summed E-state index contributed by atoms with van der Waals surface area (Å²) in [7, 11) is 0. The van der Waals surface area contributed by atoms with Gasteiger partial charge in [-0.25, -0.2) is 0 Å². The number of nitro benzene ring substituents is 1. The van der Waals surface area contributed by atoms with Crippen LogP contribution in [-0.2, 0) is 4.79 Å². The second kappa shape index (κ2) is 7.50. The van der Waals surface area contributed by atoms with Crippen molar-refractivity contribution in [3.63, 3.8) is 0 Å². The summed E-state index contributed by atoms with van der Waals surface area (Å²) in [6, 6.07) is 6.93. The number of nitrogens with one attached hydrogen (secondary N) is 2. The standard InChI is InChI=1S/C12H12N4O4/c13-7-9(8-14-5-6-17)12(18)15-10-1-3-11(4-2-10)16(19)20/h1-4,8,14,17H,5-6H2,(H,15,18)/b9-8-. The molecule has 20 heavy (non-hydrogen) atoms. The van der Waals surface area contributed by atoms with Crippen molar-refractivity contribution in [3.05, 3.63) is 46.2 Å². The van der Waals surface area contributed by atoms with Crippen molar-refractivity contribution in [2.24, 2.45) is 0 Å². The number of carbonyl (C=O) groups is 1. The monoisotopic (exact) mass is 276 g/mol. The number of benzene rings is 1. The van der Waals surface area contributed by atoms with Crippen LogP contribution in [0.15, 0.2) is 36.0 Å². The molecule has 1 amide bonds. The van der Waals surface area contributed by atoms with E-state index >= 15 is 0 Å². The molecule has 0 saturated heterocycles. The maximum atomic E-state index is 11.7. The maximum absolute atomic E-state index is 11.7. The predicted molar refractivity (Wildman–Crippen MR) is 70.5 cm³/mol. The number of amides is 1. The van der Waals surface area contributed by atoms with Crippen LogP contribution in [0.1, 0.15) is 0 Å². The molecule has 0 fully saturated rings. The average molecular weight is 276 g/mol. The van der Waals surface area contributed by atoms with Crippen molar-refractivity contribution < 1.29 is 14.8 Å². The van der Waals surface area contributed by atoms with Gasteiger partial charge >= 0.3 is 0 Å². The van der Waals surface area contributed by atoms with Crippen LogP contribution in [0.25, 0.3) is 0 Å². The first-order valence-electron chi connectivity index (χ1n) is 5.58. The minimum absolute atomic E-state index is 0.0938. The van der Waals surface area contributed by atoms with Crippen molar-refractivity contribution >= 4 is 17.3 Å². The number of hydrogen-bond acceptors (Lipinski definition) is 6. The van der Waals surface area contributed by atoms with Crippen LogP contribution >= 0.6 is 0 Å². The number of non-ortho nitro benzene ring substituents is 1. The molecule has 0 aromatic heterocycles. The smallest absolute Gasteiger partial charge is 0.269 e. The third-order valence-corrected chi connectivity index (χ3v) is 2.20. The highest BCUT2D eigenvalue weighted by Gasteiger charge is 2.10. The van der Waals surface area contributed by atoms with E-state index in [0.29, 0.717) is 5.69 Å². The molecule has 0 saturated carbocycles. The summed E-state index contributed by atoms with van der Waals surface area (Å²) >= 11 is 0. The molecule has 0 heterocycles. The summed E-state index contributed by atoms with van der Waals surface area (Å²) in [6.07, 6.45) is 1.19. The summed E-state index contributed by atoms with van der Waals surface area (Å²) in [5.41, 5.74) is 0.0735. The fraction of sp³-hybridized carbons (Fsp3) is 0.167. The number of aliphatic hydroxyl groups is 1. The molecule has 0 unspecified atom stereocenters. The Labute approximate surface area is 114 Å². The SMILES string of the molecule is N#C/C(=C/NCCO)C(=O)Nc1ccc([N+](=O)[O-])cc1. The van der Waals surface area contributed by atoms with E-state index in [4.69, 9.17) is 10.4 Å². The molecule has 0 spiro atoms. The Kier molecular flexibility index (Phi) is 5.68. The maximum Gasteiger partial charge on any atom is 0.269 e. The molecule has 3 N–H and O–H groups in total. The number of nitriles is 1. The van der Waals surface area contributed by atoms with Gasteiger partial charge in [0.05, 0.1) is 11.5 Å². The third-order valence-electron chi connectivity index (χ3n) is 2.20. The third kappa shape index (κ3) is 4.40. The van der Waals surface area contributed by atoms with Gasteiger partial charge in [0.15, 0.2) is 0 Å². The lowest BCUT2D eigenvalue weighted by Gasteiger charge is -2.04. The summed E-state index contributed by atoms with van der Waals surface area (Å²) in [6.45, 7) is 0.0924. The van der Waals surface area contributed by atoms with Gasteiger partial charge in [0, 0.05) is 30.6 Å². The highest BCUT2D eigenvalue weighted by Crippen LogP contribution is 2.15. The van der Waals surface area contributed by atoms with Crippen molar-refractivity contribution in [1.29, 1.82) is 5.26 Å². The zero-order valence-electron chi connectivity index (χ0n) is 10.4. The van der Waals surface area contributed by atoms with E-state index in [9.17, 15) is 14.9 Å². The summed E-state index contributed by atoms with van der Waals surface area (Å²) in [5.74, 6) is -0.646. The molecule has 1 aromatic rings. The van der Waals surface area contributed by atoms with Crippen LogP contribution in [-0.4, -0.2) is 29.1 Å². The van der Waals surface area contributed by atoms with Gasteiger partial charge in [-0.05, 0) is 12.1 Å². The Balaban J connectivity index is 2.71. The van der Waals surface area contributed by atoms with Crippen LogP contribution in [0.3, 0.4) is 0 Å². The molecule has 1 rings (SSSR count). The molecule has 1 aromatic carbocycles. The van der Waals surface area contributed by atoms with Crippen molar-refractivity contribution in [1.82, 2.24) is 5.32 Å². The van der Waals surface area contributed by atoms with Crippen LogP contribution in [0.4, 0.5) is 11.4 Å². The van der Waals surface area contributed by atoms with E-state index in [-0.39, 0.29) is 24.4 Å². The molecule has 0 aliphatic rings. The second-order valence-corrected chi connectivity index (χ2v) is 3.61. The number of nitro groups is 1. The van der Waals surface area contributed by atoms with E-state index in [1.807, 2.05) is 0 Å². The number of nitrogens with zero attached hydrogens (tertiary/aromatic N) is 2. The molecule has 0 aliphatic carbocycles. The average Bonchev–Trinajstić information content (AvgIpc) is 2.44. The minimum atomic E-state index is -0.646. The molecular weight excluding hydrogens is 264 g/mol. The van der Waals surface area contributed by atoms with E-state index in [1.54, 1.807) is 6.07 Å². The number of hydrogen-bond donors (Lipinski definition) is 3. The summed E-state index contributed by atoms with van der Waals surface area (Å²) in [4.78, 5) is 21.6. The number of anilines is 1. The summed E-state index contributed by atoms with van der Waals surface area (Å²) < 4.78 is 0. The van der Waals surface area contributed by atoms with Crippen LogP contribution < -0.4 is 10.6 Å². The zero-order valence-corrected chi connectivity index (χ0v) is 10.4. The number of rotatable bonds is 6. The lowest BCUT2D eigenvalue weighted by molar-refractivity contribution is -0.384. The van der Waals surface area contributed by atoms with Gasteiger partial charge in [0.1, 0.15) is 11.6 Å². The molecular formula is C12H12N4O4. The van der Waals surface area contributed by atoms with E-state index < -0.39 is 10.8 Å². The fourth-order valence-corrected chi connectivity index (χ4v) is 1.25. The largest absolute Gasteiger partial charge is 0.395 e. The van der Waals surface area contributed by atoms with Gasteiger partial charge in [0.25, 0.3) is 11.6 Å². The Morgan fingerprint density at radius 1 is 1.45 bits per heavy atom. The molecule has 8 heteroatoms. The molecule has 104 valence electrons. The Hall–Kier alpha value is -2.92. The van der Waals surface area contributed by atoms with Crippen molar-refractivity contribution in [3.8, 4) is 6.07 Å². The molecule has 0 bridgehead atoms. The topological polar surface area (TPSA) is 128 Å². The first-order valence-corrected chi connectivity index (χ1v) is 5.58. The van der Waals surface area contributed by atoms with Crippen LogP contribution in [0, 0.1) is 21.4 Å². The quantitative estimate of drug-likeness (QED) is 0.228. The first kappa shape index (κ1) is 15.1. The first-order chi connectivity index (χ1) is 9.58. The van der Waals surface area contributed by atoms with Gasteiger partial charge < -0.3 is 15.7 Å². The predicted octanol–water partition coefficient (Wildman–Crippen LogP) is 0.523.